The molecule has 0 aliphatic heterocycles. The third kappa shape index (κ3) is 5.73. The van der Waals surface area contributed by atoms with E-state index in [-0.39, 0.29) is 0 Å². The summed E-state index contributed by atoms with van der Waals surface area (Å²) in [4.78, 5) is 26.9. The number of hydrogen-bond acceptors (Lipinski definition) is 4. The van der Waals surface area contributed by atoms with Crippen molar-refractivity contribution in [3.63, 3.8) is 0 Å². The molecule has 0 saturated heterocycles. The number of phosphoric acid groups is 1. The SMILES string of the molecule is CC(COP(=O)(O)O)[C@H](N)C(=O)O. The Morgan fingerprint density at radius 3 is 2.38 bits per heavy atom. The first kappa shape index (κ1) is 12.5. The Bertz CT molecular complexity index is 225. The molecular formula is C5H12NO6P. The van der Waals surface area contributed by atoms with Gasteiger partial charge < -0.3 is 20.6 Å². The highest BCUT2D eigenvalue weighted by molar-refractivity contribution is 7.46. The van der Waals surface area contributed by atoms with Crippen LogP contribution in [0.15, 0.2) is 0 Å². The molecule has 0 fully saturated rings. The molecule has 0 aliphatic carbocycles. The Balaban J connectivity index is 3.95. The van der Waals surface area contributed by atoms with Gasteiger partial charge in [0.15, 0.2) is 0 Å². The van der Waals surface area contributed by atoms with Gasteiger partial charge in [0.2, 0.25) is 0 Å². The van der Waals surface area contributed by atoms with Crippen LogP contribution >= 0.6 is 7.82 Å². The molecule has 0 rings (SSSR count). The van der Waals surface area contributed by atoms with E-state index in [1.807, 2.05) is 0 Å². The molecule has 0 radical (unpaired) electrons. The topological polar surface area (TPSA) is 130 Å². The van der Waals surface area contributed by atoms with E-state index < -0.39 is 32.4 Å². The lowest BCUT2D eigenvalue weighted by Gasteiger charge is -2.15. The molecule has 5 N–H and O–H groups in total. The van der Waals surface area contributed by atoms with Crippen LogP contribution in [0.1, 0.15) is 6.92 Å². The van der Waals surface area contributed by atoms with Gasteiger partial charge >= 0.3 is 13.8 Å². The first-order valence-corrected chi connectivity index (χ1v) is 4.95. The lowest BCUT2D eigenvalue weighted by molar-refractivity contribution is -0.140. The van der Waals surface area contributed by atoms with Crippen LogP contribution in [0.2, 0.25) is 0 Å². The minimum absolute atomic E-state index is 0.391. The number of carboxylic acids is 1. The molecule has 0 aromatic rings. The Morgan fingerprint density at radius 2 is 2.08 bits per heavy atom. The Labute approximate surface area is 74.7 Å². The minimum Gasteiger partial charge on any atom is -0.480 e. The van der Waals surface area contributed by atoms with Gasteiger partial charge in [-0.2, -0.15) is 0 Å². The molecule has 7 nitrogen and oxygen atoms in total. The number of carbonyl (C=O) groups is 1. The van der Waals surface area contributed by atoms with Crippen molar-refractivity contribution in [1.29, 1.82) is 0 Å². The molecule has 78 valence electrons. The first-order chi connectivity index (χ1) is 5.74. The van der Waals surface area contributed by atoms with Gasteiger partial charge in [0.05, 0.1) is 6.61 Å². The van der Waals surface area contributed by atoms with Crippen LogP contribution in [0.5, 0.6) is 0 Å². The fourth-order valence-corrected chi connectivity index (χ4v) is 0.991. The summed E-state index contributed by atoms with van der Waals surface area (Å²) in [6, 6.07) is -1.19. The van der Waals surface area contributed by atoms with Crippen LogP contribution in [0.4, 0.5) is 0 Å². The summed E-state index contributed by atoms with van der Waals surface area (Å²) >= 11 is 0. The molecule has 1 unspecified atom stereocenters. The van der Waals surface area contributed by atoms with Gasteiger partial charge in [-0.1, -0.05) is 6.92 Å². The summed E-state index contributed by atoms with van der Waals surface area (Å²) < 4.78 is 14.3. The number of rotatable bonds is 5. The average molecular weight is 213 g/mol. The third-order valence-corrected chi connectivity index (χ3v) is 1.89. The number of hydrogen-bond donors (Lipinski definition) is 4. The zero-order valence-electron chi connectivity index (χ0n) is 6.95. The van der Waals surface area contributed by atoms with E-state index in [1.165, 1.54) is 6.92 Å². The molecule has 0 heterocycles. The Morgan fingerprint density at radius 1 is 1.62 bits per heavy atom. The summed E-state index contributed by atoms with van der Waals surface area (Å²) in [6.45, 7) is 1.03. The highest BCUT2D eigenvalue weighted by Gasteiger charge is 2.23. The summed E-state index contributed by atoms with van der Waals surface area (Å²) in [5, 5.41) is 8.41. The van der Waals surface area contributed by atoms with Crippen LogP contribution in [-0.4, -0.2) is 33.5 Å². The molecule has 2 atom stereocenters. The van der Waals surface area contributed by atoms with E-state index in [4.69, 9.17) is 20.6 Å². The van der Waals surface area contributed by atoms with Crippen LogP contribution in [0.25, 0.3) is 0 Å². The van der Waals surface area contributed by atoms with Crippen molar-refractivity contribution in [3.8, 4) is 0 Å². The third-order valence-electron chi connectivity index (χ3n) is 1.40. The van der Waals surface area contributed by atoms with Gasteiger partial charge in [0.1, 0.15) is 6.04 Å². The molecule has 0 bridgehead atoms. The molecule has 0 amide bonds. The Hall–Kier alpha value is -0.460. The largest absolute Gasteiger partial charge is 0.480 e. The maximum atomic E-state index is 10.3. The zero-order valence-corrected chi connectivity index (χ0v) is 7.85. The second-order valence-electron chi connectivity index (χ2n) is 2.63. The molecule has 13 heavy (non-hydrogen) atoms. The van der Waals surface area contributed by atoms with Gasteiger partial charge in [-0.15, -0.1) is 0 Å². The number of carboxylic acid groups (broad SMARTS) is 1. The molecule has 0 aromatic carbocycles. The summed E-state index contributed by atoms with van der Waals surface area (Å²) in [6.07, 6.45) is 0. The molecular weight excluding hydrogens is 201 g/mol. The van der Waals surface area contributed by atoms with Crippen LogP contribution < -0.4 is 5.73 Å². The number of nitrogens with two attached hydrogens (primary N) is 1. The highest BCUT2D eigenvalue weighted by Crippen LogP contribution is 2.36. The second-order valence-corrected chi connectivity index (χ2v) is 3.87. The fraction of sp³-hybridized carbons (Fsp3) is 0.800. The summed E-state index contributed by atoms with van der Waals surface area (Å²) in [5.41, 5.74) is 5.16. The summed E-state index contributed by atoms with van der Waals surface area (Å²) in [7, 11) is -4.54. The van der Waals surface area contributed by atoms with Gasteiger partial charge in [-0.05, 0) is 0 Å². The normalized spacial score (nSPS) is 16.6. The molecule has 0 aliphatic rings. The first-order valence-electron chi connectivity index (χ1n) is 3.42. The smallest absolute Gasteiger partial charge is 0.469 e. The highest BCUT2D eigenvalue weighted by atomic mass is 31.2. The van der Waals surface area contributed by atoms with Gasteiger partial charge in [-0.25, -0.2) is 4.57 Å². The lowest BCUT2D eigenvalue weighted by Crippen LogP contribution is -2.38. The molecule has 0 saturated carbocycles. The maximum Gasteiger partial charge on any atom is 0.469 e. The van der Waals surface area contributed by atoms with Crippen molar-refractivity contribution >= 4 is 13.8 Å². The number of aliphatic carboxylic acids is 1. The second kappa shape index (κ2) is 4.69. The van der Waals surface area contributed by atoms with Crippen molar-refractivity contribution in [3.05, 3.63) is 0 Å². The van der Waals surface area contributed by atoms with Crippen molar-refractivity contribution in [2.24, 2.45) is 11.7 Å². The van der Waals surface area contributed by atoms with Gasteiger partial charge in [-0.3, -0.25) is 9.32 Å². The predicted molar refractivity (Wildman–Crippen MR) is 42.8 cm³/mol. The predicted octanol–water partition coefficient (Wildman–Crippen LogP) is -0.856. The van der Waals surface area contributed by atoms with Crippen molar-refractivity contribution in [1.82, 2.24) is 0 Å². The van der Waals surface area contributed by atoms with Crippen LogP contribution in [0, 0.1) is 5.92 Å². The van der Waals surface area contributed by atoms with Crippen molar-refractivity contribution < 1.29 is 28.8 Å². The fourth-order valence-electron chi connectivity index (χ4n) is 0.562. The molecule has 0 aromatic heterocycles. The van der Waals surface area contributed by atoms with Crippen LogP contribution in [-0.2, 0) is 13.9 Å². The van der Waals surface area contributed by atoms with E-state index >= 15 is 0 Å². The number of phosphoric ester groups is 1. The van der Waals surface area contributed by atoms with Gasteiger partial charge in [0.25, 0.3) is 0 Å². The molecule has 8 heteroatoms. The average Bonchev–Trinajstić information content (AvgIpc) is 1.97. The zero-order chi connectivity index (χ0) is 10.6. The van der Waals surface area contributed by atoms with E-state index in [1.54, 1.807) is 0 Å². The van der Waals surface area contributed by atoms with Crippen molar-refractivity contribution in [2.75, 3.05) is 6.61 Å². The lowest BCUT2D eigenvalue weighted by atomic mass is 10.1. The summed E-state index contributed by atoms with van der Waals surface area (Å²) in [5.74, 6) is -1.90. The van der Waals surface area contributed by atoms with Crippen LogP contribution in [0.3, 0.4) is 0 Å². The van der Waals surface area contributed by atoms with E-state index in [9.17, 15) is 9.36 Å². The maximum absolute atomic E-state index is 10.3. The van der Waals surface area contributed by atoms with E-state index in [0.29, 0.717) is 0 Å². The van der Waals surface area contributed by atoms with E-state index in [0.717, 1.165) is 0 Å². The quantitative estimate of drug-likeness (QED) is 0.437. The minimum atomic E-state index is -4.54. The standard InChI is InChI=1S/C5H12NO6P/c1-3(4(6)5(7)8)2-12-13(9,10)11/h3-4H,2,6H2,1H3,(H,7,8)(H2,9,10,11)/t3?,4-/m0/s1. The monoisotopic (exact) mass is 213 g/mol. The van der Waals surface area contributed by atoms with Crippen molar-refractivity contribution in [2.45, 2.75) is 13.0 Å². The van der Waals surface area contributed by atoms with E-state index in [2.05, 4.69) is 4.52 Å². The Kier molecular flexibility index (Phi) is 4.52. The van der Waals surface area contributed by atoms with Gasteiger partial charge in [0, 0.05) is 5.92 Å². The molecule has 0 spiro atoms.